The van der Waals surface area contributed by atoms with Gasteiger partial charge in [0.25, 0.3) is 0 Å². The molecule has 0 bridgehead atoms. The van der Waals surface area contributed by atoms with Crippen LogP contribution in [0.2, 0.25) is 0 Å². The topological polar surface area (TPSA) is 127 Å². The smallest absolute Gasteiger partial charge is 0.301 e. The maximum atomic E-state index is 9.83. The van der Waals surface area contributed by atoms with Crippen molar-refractivity contribution < 1.29 is 20.1 Å². The molecular weight excluding hydrogens is 160 g/mol. The van der Waals surface area contributed by atoms with Crippen molar-refractivity contribution in [3.63, 3.8) is 0 Å². The van der Waals surface area contributed by atoms with E-state index in [1.807, 2.05) is 0 Å². The number of hydrogen-bond acceptors (Lipinski definition) is 6. The average Bonchev–Trinajstić information content (AvgIpc) is 1.85. The molecule has 0 saturated carbocycles. The highest BCUT2D eigenvalue weighted by Gasteiger charge is 2.53. The molecule has 8 heteroatoms. The summed E-state index contributed by atoms with van der Waals surface area (Å²) >= 11 is 0. The van der Waals surface area contributed by atoms with Crippen molar-refractivity contribution in [1.29, 1.82) is 0 Å². The first-order chi connectivity index (χ1) is 4.80. The first-order valence-electron chi connectivity index (χ1n) is 2.53. The standard InChI is InChI=1S/C3H6N2O6/c1-2(4(8)9)3(6,7)5(10)11/h2,6-7H,1H3. The van der Waals surface area contributed by atoms with E-state index in [9.17, 15) is 20.2 Å². The molecule has 0 aromatic carbocycles. The third-order valence-corrected chi connectivity index (χ3v) is 1.15. The quantitative estimate of drug-likeness (QED) is 0.300. The van der Waals surface area contributed by atoms with E-state index in [2.05, 4.69) is 0 Å². The van der Waals surface area contributed by atoms with Gasteiger partial charge < -0.3 is 10.2 Å². The molecule has 0 aliphatic carbocycles. The second-order valence-corrected chi connectivity index (χ2v) is 1.91. The van der Waals surface area contributed by atoms with Crippen LogP contribution in [0.5, 0.6) is 0 Å². The number of aliphatic hydroxyl groups is 2. The largest absolute Gasteiger partial charge is 0.505 e. The highest BCUT2D eigenvalue weighted by Crippen LogP contribution is 2.09. The summed E-state index contributed by atoms with van der Waals surface area (Å²) < 4.78 is 0. The monoisotopic (exact) mass is 166 g/mol. The van der Waals surface area contributed by atoms with Crippen molar-refractivity contribution in [1.82, 2.24) is 0 Å². The fourth-order valence-electron chi connectivity index (χ4n) is 0.294. The molecule has 0 heterocycles. The molecule has 0 aliphatic heterocycles. The van der Waals surface area contributed by atoms with Crippen molar-refractivity contribution in [2.45, 2.75) is 18.9 Å². The molecule has 1 unspecified atom stereocenters. The fraction of sp³-hybridized carbons (Fsp3) is 1.00. The van der Waals surface area contributed by atoms with E-state index in [4.69, 9.17) is 10.2 Å². The summed E-state index contributed by atoms with van der Waals surface area (Å²) in [5.74, 6) is -3.50. The van der Waals surface area contributed by atoms with Crippen LogP contribution in [0.25, 0.3) is 0 Å². The van der Waals surface area contributed by atoms with Crippen LogP contribution in [-0.4, -0.2) is 32.0 Å². The SMILES string of the molecule is CC([N+](=O)[O-])C(O)(O)[N+](=O)[O-]. The number of nitro groups is 2. The molecule has 0 aromatic rings. The number of nitrogens with zero attached hydrogens (tertiary/aromatic N) is 2. The molecule has 0 rings (SSSR count). The third kappa shape index (κ3) is 1.82. The fourth-order valence-corrected chi connectivity index (χ4v) is 0.294. The Balaban J connectivity index is 4.55. The third-order valence-electron chi connectivity index (χ3n) is 1.15. The van der Waals surface area contributed by atoms with Gasteiger partial charge in [-0.3, -0.25) is 20.2 Å². The summed E-state index contributed by atoms with van der Waals surface area (Å²) in [5, 5.41) is 36.5. The number of rotatable bonds is 3. The molecule has 0 aromatic heterocycles. The second kappa shape index (κ2) is 2.76. The Hall–Kier alpha value is -1.28. The van der Waals surface area contributed by atoms with Crippen molar-refractivity contribution in [2.24, 2.45) is 0 Å². The summed E-state index contributed by atoms with van der Waals surface area (Å²) in [5.41, 5.74) is 0. The van der Waals surface area contributed by atoms with Gasteiger partial charge in [-0.2, -0.15) is 0 Å². The van der Waals surface area contributed by atoms with E-state index in [1.54, 1.807) is 0 Å². The van der Waals surface area contributed by atoms with Gasteiger partial charge in [-0.1, -0.05) is 0 Å². The van der Waals surface area contributed by atoms with E-state index in [-0.39, 0.29) is 0 Å². The molecule has 0 spiro atoms. The van der Waals surface area contributed by atoms with Crippen molar-refractivity contribution >= 4 is 0 Å². The molecule has 0 saturated heterocycles. The minimum Gasteiger partial charge on any atom is -0.301 e. The normalized spacial score (nSPS) is 14.1. The van der Waals surface area contributed by atoms with Crippen LogP contribution in [0.3, 0.4) is 0 Å². The summed E-state index contributed by atoms with van der Waals surface area (Å²) in [6, 6.07) is -2.06. The minimum absolute atomic E-state index is 0.725. The molecule has 64 valence electrons. The maximum Gasteiger partial charge on any atom is 0.505 e. The van der Waals surface area contributed by atoms with Crippen molar-refractivity contribution in [2.75, 3.05) is 0 Å². The van der Waals surface area contributed by atoms with E-state index in [0.29, 0.717) is 0 Å². The number of hydrogen-bond donors (Lipinski definition) is 2. The van der Waals surface area contributed by atoms with Gasteiger partial charge >= 0.3 is 12.0 Å². The Labute approximate surface area is 60.4 Å². The van der Waals surface area contributed by atoms with E-state index in [1.165, 1.54) is 0 Å². The van der Waals surface area contributed by atoms with Crippen molar-refractivity contribution in [3.8, 4) is 0 Å². The highest BCUT2D eigenvalue weighted by molar-refractivity contribution is 4.57. The highest BCUT2D eigenvalue weighted by atomic mass is 16.7. The van der Waals surface area contributed by atoms with Gasteiger partial charge in [0.2, 0.25) is 0 Å². The van der Waals surface area contributed by atoms with Crippen LogP contribution in [0, 0.1) is 20.2 Å². The molecule has 0 amide bonds. The van der Waals surface area contributed by atoms with Gasteiger partial charge in [0.15, 0.2) is 0 Å². The lowest BCUT2D eigenvalue weighted by molar-refractivity contribution is -0.741. The average molecular weight is 166 g/mol. The van der Waals surface area contributed by atoms with Crippen LogP contribution in [-0.2, 0) is 0 Å². The Morgan fingerprint density at radius 3 is 1.82 bits per heavy atom. The Morgan fingerprint density at radius 1 is 1.36 bits per heavy atom. The zero-order valence-corrected chi connectivity index (χ0v) is 5.50. The lowest BCUT2D eigenvalue weighted by atomic mass is 10.3. The summed E-state index contributed by atoms with van der Waals surface area (Å²) in [7, 11) is 0. The van der Waals surface area contributed by atoms with Crippen molar-refractivity contribution in [3.05, 3.63) is 20.2 Å². The maximum absolute atomic E-state index is 9.83. The molecule has 11 heavy (non-hydrogen) atoms. The van der Waals surface area contributed by atoms with Gasteiger partial charge in [0, 0.05) is 11.8 Å². The first kappa shape index (κ1) is 9.72. The van der Waals surface area contributed by atoms with Crippen LogP contribution in [0.15, 0.2) is 0 Å². The van der Waals surface area contributed by atoms with E-state index < -0.39 is 21.8 Å². The van der Waals surface area contributed by atoms with Gasteiger partial charge in [0.1, 0.15) is 0 Å². The molecule has 0 radical (unpaired) electrons. The van der Waals surface area contributed by atoms with Gasteiger partial charge in [0.05, 0.1) is 4.92 Å². The van der Waals surface area contributed by atoms with Crippen LogP contribution < -0.4 is 0 Å². The molecule has 2 N–H and O–H groups in total. The van der Waals surface area contributed by atoms with E-state index >= 15 is 0 Å². The predicted octanol–water partition coefficient (Wildman–Crippen LogP) is -1.43. The summed E-state index contributed by atoms with van der Waals surface area (Å²) in [4.78, 5) is 16.9. The Morgan fingerprint density at radius 2 is 1.73 bits per heavy atom. The molecule has 8 nitrogen and oxygen atoms in total. The second-order valence-electron chi connectivity index (χ2n) is 1.91. The molecule has 0 fully saturated rings. The van der Waals surface area contributed by atoms with Gasteiger partial charge in [-0.15, -0.1) is 0 Å². The lowest BCUT2D eigenvalue weighted by Crippen LogP contribution is -2.51. The summed E-state index contributed by atoms with van der Waals surface area (Å²) in [6.45, 7) is 0.725. The zero-order chi connectivity index (χ0) is 9.23. The Kier molecular flexibility index (Phi) is 2.44. The molecular formula is C3H6N2O6. The minimum atomic E-state index is -3.50. The van der Waals surface area contributed by atoms with Crippen LogP contribution in [0.1, 0.15) is 6.92 Å². The van der Waals surface area contributed by atoms with Gasteiger partial charge in [-0.05, 0) is 0 Å². The lowest BCUT2D eigenvalue weighted by Gasteiger charge is -2.12. The van der Waals surface area contributed by atoms with E-state index in [0.717, 1.165) is 6.92 Å². The van der Waals surface area contributed by atoms with Crippen LogP contribution in [0.4, 0.5) is 0 Å². The van der Waals surface area contributed by atoms with Crippen LogP contribution >= 0.6 is 0 Å². The first-order valence-corrected chi connectivity index (χ1v) is 2.53. The molecule has 0 aliphatic rings. The Bertz CT molecular complexity index is 188. The molecule has 1 atom stereocenters. The zero-order valence-electron chi connectivity index (χ0n) is 5.50. The predicted molar refractivity (Wildman–Crippen MR) is 30.6 cm³/mol. The van der Waals surface area contributed by atoms with Gasteiger partial charge in [-0.25, -0.2) is 0 Å². The summed E-state index contributed by atoms with van der Waals surface area (Å²) in [6.07, 6.45) is 0.